The van der Waals surface area contributed by atoms with Crippen molar-refractivity contribution < 1.29 is 12.6 Å². The lowest BCUT2D eigenvalue weighted by atomic mass is 9.84. The molecular formula is C7H14O3S. The first-order chi connectivity index (χ1) is 5.22. The molecule has 1 fully saturated rings. The van der Waals surface area contributed by atoms with E-state index in [0.717, 1.165) is 12.8 Å². The molecule has 0 radical (unpaired) electrons. The Morgan fingerprint density at radius 3 is 2.09 bits per heavy atom. The molecule has 3 nitrogen and oxygen atoms in total. The Hall–Kier alpha value is 0.0700. The van der Waals surface area contributed by atoms with Gasteiger partial charge in [0.1, 0.15) is 0 Å². The lowest BCUT2D eigenvalue weighted by Gasteiger charge is -2.33. The summed E-state index contributed by atoms with van der Waals surface area (Å²) < 4.78 is 20.5. The fourth-order valence-corrected chi connectivity index (χ4v) is 1.84. The van der Waals surface area contributed by atoms with Crippen molar-refractivity contribution in [3.8, 4) is 0 Å². The van der Waals surface area contributed by atoms with Gasteiger partial charge in [0.25, 0.3) is 0 Å². The summed E-state index contributed by atoms with van der Waals surface area (Å²) >= 11 is -1.49. The summed E-state index contributed by atoms with van der Waals surface area (Å²) in [6, 6.07) is 0. The van der Waals surface area contributed by atoms with Gasteiger partial charge in [-0.1, -0.05) is 13.8 Å². The molecule has 1 heterocycles. The van der Waals surface area contributed by atoms with Gasteiger partial charge in [0.05, 0.1) is 13.2 Å². The summed E-state index contributed by atoms with van der Waals surface area (Å²) in [7, 11) is 0. The molecule has 11 heavy (non-hydrogen) atoms. The van der Waals surface area contributed by atoms with Crippen LogP contribution < -0.4 is 0 Å². The summed E-state index contributed by atoms with van der Waals surface area (Å²) in [6.07, 6.45) is 2.03. The second-order valence-electron chi connectivity index (χ2n) is 2.94. The smallest absolute Gasteiger partial charge is 0.268 e. The van der Waals surface area contributed by atoms with Crippen LogP contribution in [0.1, 0.15) is 26.7 Å². The monoisotopic (exact) mass is 178 g/mol. The molecule has 0 aromatic carbocycles. The van der Waals surface area contributed by atoms with E-state index in [1.54, 1.807) is 0 Å². The summed E-state index contributed by atoms with van der Waals surface area (Å²) in [4.78, 5) is 0. The van der Waals surface area contributed by atoms with Crippen molar-refractivity contribution in [1.82, 2.24) is 0 Å². The van der Waals surface area contributed by atoms with Gasteiger partial charge in [-0.2, -0.15) is 4.21 Å². The van der Waals surface area contributed by atoms with Gasteiger partial charge in [0.15, 0.2) is 0 Å². The molecule has 1 saturated heterocycles. The van der Waals surface area contributed by atoms with Gasteiger partial charge in [-0.05, 0) is 12.8 Å². The Labute approximate surface area is 69.9 Å². The minimum absolute atomic E-state index is 0.105. The molecule has 4 heteroatoms. The molecule has 0 N–H and O–H groups in total. The lowest BCUT2D eigenvalue weighted by molar-refractivity contribution is 0.0325. The van der Waals surface area contributed by atoms with Gasteiger partial charge in [-0.25, -0.2) is 0 Å². The predicted octanol–water partition coefficient (Wildman–Crippen LogP) is 1.42. The van der Waals surface area contributed by atoms with E-state index in [-0.39, 0.29) is 5.41 Å². The van der Waals surface area contributed by atoms with Crippen molar-refractivity contribution in [2.75, 3.05) is 13.2 Å². The van der Waals surface area contributed by atoms with E-state index >= 15 is 0 Å². The van der Waals surface area contributed by atoms with Crippen molar-refractivity contribution >= 4 is 11.4 Å². The normalized spacial score (nSPS) is 25.3. The standard InChI is InChI=1S/C7H14O3S/c1-3-7(4-2)5-9-11(8)10-6-7/h3-6H2,1-2H3. The lowest BCUT2D eigenvalue weighted by Crippen LogP contribution is -2.36. The molecule has 0 spiro atoms. The van der Waals surface area contributed by atoms with Crippen LogP contribution in [0, 0.1) is 5.41 Å². The topological polar surface area (TPSA) is 35.5 Å². The van der Waals surface area contributed by atoms with E-state index in [2.05, 4.69) is 13.8 Å². The van der Waals surface area contributed by atoms with Crippen LogP contribution in [-0.2, 0) is 19.7 Å². The first kappa shape index (κ1) is 9.16. The predicted molar refractivity (Wildman–Crippen MR) is 43.1 cm³/mol. The molecule has 66 valence electrons. The van der Waals surface area contributed by atoms with E-state index in [0.29, 0.717) is 13.2 Å². The van der Waals surface area contributed by atoms with Gasteiger partial charge in [-0.15, -0.1) is 0 Å². The molecule has 0 aromatic rings. The van der Waals surface area contributed by atoms with Crippen molar-refractivity contribution in [3.63, 3.8) is 0 Å². The third-order valence-electron chi connectivity index (χ3n) is 2.42. The van der Waals surface area contributed by atoms with Crippen LogP contribution in [0.5, 0.6) is 0 Å². The Morgan fingerprint density at radius 2 is 1.73 bits per heavy atom. The molecule has 0 bridgehead atoms. The Morgan fingerprint density at radius 1 is 1.27 bits per heavy atom. The van der Waals surface area contributed by atoms with E-state index in [1.807, 2.05) is 0 Å². The van der Waals surface area contributed by atoms with Crippen molar-refractivity contribution in [2.45, 2.75) is 26.7 Å². The zero-order chi connectivity index (χ0) is 8.32. The molecule has 1 aliphatic heterocycles. The maximum Gasteiger partial charge on any atom is 0.304 e. The maximum absolute atomic E-state index is 10.6. The first-order valence-electron chi connectivity index (χ1n) is 3.91. The summed E-state index contributed by atoms with van der Waals surface area (Å²) in [6.45, 7) is 5.33. The molecule has 0 atom stereocenters. The van der Waals surface area contributed by atoms with Gasteiger partial charge in [0, 0.05) is 5.41 Å². The maximum atomic E-state index is 10.6. The molecule has 0 saturated carbocycles. The molecule has 0 aromatic heterocycles. The summed E-state index contributed by atoms with van der Waals surface area (Å²) in [5.41, 5.74) is 0.105. The molecular weight excluding hydrogens is 164 g/mol. The average molecular weight is 178 g/mol. The van der Waals surface area contributed by atoms with Crippen LogP contribution in [0.25, 0.3) is 0 Å². The molecule has 1 rings (SSSR count). The minimum atomic E-state index is -1.49. The largest absolute Gasteiger partial charge is 0.304 e. The van der Waals surface area contributed by atoms with Gasteiger partial charge in [0.2, 0.25) is 0 Å². The number of hydrogen-bond donors (Lipinski definition) is 0. The van der Waals surface area contributed by atoms with Gasteiger partial charge in [-0.3, -0.25) is 8.37 Å². The Bertz CT molecular complexity index is 142. The first-order valence-corrected chi connectivity index (χ1v) is 4.91. The summed E-state index contributed by atoms with van der Waals surface area (Å²) in [5.74, 6) is 0. The van der Waals surface area contributed by atoms with Crippen LogP contribution in [0.4, 0.5) is 0 Å². The third-order valence-corrected chi connectivity index (χ3v) is 3.04. The van der Waals surface area contributed by atoms with Crippen molar-refractivity contribution in [1.29, 1.82) is 0 Å². The van der Waals surface area contributed by atoms with E-state index < -0.39 is 11.4 Å². The van der Waals surface area contributed by atoms with Crippen LogP contribution in [0.15, 0.2) is 0 Å². The van der Waals surface area contributed by atoms with E-state index in [4.69, 9.17) is 8.37 Å². The zero-order valence-electron chi connectivity index (χ0n) is 6.96. The number of hydrogen-bond acceptors (Lipinski definition) is 3. The van der Waals surface area contributed by atoms with E-state index in [9.17, 15) is 4.21 Å². The highest BCUT2D eigenvalue weighted by Gasteiger charge is 2.32. The minimum Gasteiger partial charge on any atom is -0.268 e. The van der Waals surface area contributed by atoms with Crippen molar-refractivity contribution in [3.05, 3.63) is 0 Å². The van der Waals surface area contributed by atoms with Gasteiger partial charge >= 0.3 is 11.4 Å². The van der Waals surface area contributed by atoms with Crippen LogP contribution in [0.3, 0.4) is 0 Å². The molecule has 1 aliphatic rings. The van der Waals surface area contributed by atoms with Crippen molar-refractivity contribution in [2.24, 2.45) is 5.41 Å². The fourth-order valence-electron chi connectivity index (χ4n) is 1.08. The zero-order valence-corrected chi connectivity index (χ0v) is 7.78. The van der Waals surface area contributed by atoms with Gasteiger partial charge < -0.3 is 0 Å². The van der Waals surface area contributed by atoms with E-state index in [1.165, 1.54) is 0 Å². The molecule has 0 unspecified atom stereocenters. The highest BCUT2D eigenvalue weighted by molar-refractivity contribution is 7.75. The quantitative estimate of drug-likeness (QED) is 0.641. The Kier molecular flexibility index (Phi) is 3.04. The second kappa shape index (κ2) is 3.65. The average Bonchev–Trinajstić information content (AvgIpc) is 2.07. The summed E-state index contributed by atoms with van der Waals surface area (Å²) in [5, 5.41) is 0. The highest BCUT2D eigenvalue weighted by Crippen LogP contribution is 2.30. The fraction of sp³-hybridized carbons (Fsp3) is 1.00. The third kappa shape index (κ3) is 2.01. The SMILES string of the molecule is CCC1(CC)COS(=O)OC1. The van der Waals surface area contributed by atoms with Crippen LogP contribution in [0.2, 0.25) is 0 Å². The molecule has 0 amide bonds. The molecule has 0 aliphatic carbocycles. The highest BCUT2D eigenvalue weighted by atomic mass is 32.2. The Balaban J connectivity index is 2.52. The number of rotatable bonds is 2. The van der Waals surface area contributed by atoms with Crippen LogP contribution >= 0.6 is 0 Å². The van der Waals surface area contributed by atoms with Crippen LogP contribution in [-0.4, -0.2) is 17.4 Å². The second-order valence-corrected chi connectivity index (χ2v) is 3.82.